The van der Waals surface area contributed by atoms with Gasteiger partial charge in [0, 0.05) is 5.41 Å². The van der Waals surface area contributed by atoms with Crippen LogP contribution < -0.4 is 0 Å². The van der Waals surface area contributed by atoms with Crippen molar-refractivity contribution in [3.8, 4) is 77.9 Å². The fraction of sp³-hybridized carbons (Fsp3) is 0.0625. The Kier molecular flexibility index (Phi) is 8.85. The molecule has 0 nitrogen and oxygen atoms in total. The van der Waals surface area contributed by atoms with Gasteiger partial charge in [-0.15, -0.1) is 0 Å². The summed E-state index contributed by atoms with van der Waals surface area (Å²) < 4.78 is 0. The summed E-state index contributed by atoms with van der Waals surface area (Å²) in [6.45, 7) is 7.00. The van der Waals surface area contributed by atoms with Crippen LogP contribution in [0, 0.1) is 6.92 Å². The van der Waals surface area contributed by atoms with Crippen LogP contribution in [0.2, 0.25) is 0 Å². The van der Waals surface area contributed by atoms with E-state index >= 15 is 0 Å². The summed E-state index contributed by atoms with van der Waals surface area (Å²) in [5, 5.41) is 7.78. The van der Waals surface area contributed by atoms with Gasteiger partial charge in [-0.25, -0.2) is 0 Å². The summed E-state index contributed by atoms with van der Waals surface area (Å²) >= 11 is 0. The van der Waals surface area contributed by atoms with E-state index in [1.165, 1.54) is 127 Å². The second kappa shape index (κ2) is 14.9. The molecule has 0 spiro atoms. The van der Waals surface area contributed by atoms with Crippen molar-refractivity contribution in [2.75, 3.05) is 0 Å². The molecular formula is C64H46. The highest BCUT2D eigenvalue weighted by Crippen LogP contribution is 2.51. The maximum atomic E-state index is 2.42. The van der Waals surface area contributed by atoms with E-state index in [-0.39, 0.29) is 5.41 Å². The first kappa shape index (κ1) is 37.9. The van der Waals surface area contributed by atoms with Crippen molar-refractivity contribution in [1.82, 2.24) is 0 Å². The van der Waals surface area contributed by atoms with Crippen LogP contribution in [0.5, 0.6) is 0 Å². The largest absolute Gasteiger partial charge is 0.0616 e. The predicted octanol–water partition coefficient (Wildman–Crippen LogP) is 17.8. The molecule has 12 rings (SSSR count). The molecule has 0 atom stereocenters. The Balaban J connectivity index is 0.767. The third kappa shape index (κ3) is 6.29. The normalized spacial score (nSPS) is 12.7. The molecule has 0 heteroatoms. The van der Waals surface area contributed by atoms with Crippen LogP contribution in [0.4, 0.5) is 0 Å². The summed E-state index contributed by atoms with van der Waals surface area (Å²) in [6, 6.07) is 83.2. The van der Waals surface area contributed by atoms with Crippen molar-refractivity contribution in [3.05, 3.63) is 241 Å². The lowest BCUT2D eigenvalue weighted by Crippen LogP contribution is -2.15. The monoisotopic (exact) mass is 814 g/mol. The molecule has 0 saturated heterocycles. The van der Waals surface area contributed by atoms with Gasteiger partial charge in [0.2, 0.25) is 0 Å². The van der Waals surface area contributed by atoms with E-state index in [9.17, 15) is 0 Å². The Morgan fingerprint density at radius 1 is 0.266 bits per heavy atom. The van der Waals surface area contributed by atoms with E-state index in [1.54, 1.807) is 0 Å². The molecule has 0 fully saturated rings. The summed E-state index contributed by atoms with van der Waals surface area (Å²) in [7, 11) is 0. The van der Waals surface area contributed by atoms with Crippen molar-refractivity contribution >= 4 is 32.3 Å². The molecule has 0 radical (unpaired) electrons. The fourth-order valence-corrected chi connectivity index (χ4v) is 10.5. The van der Waals surface area contributed by atoms with Gasteiger partial charge in [-0.2, -0.15) is 0 Å². The zero-order chi connectivity index (χ0) is 42.9. The van der Waals surface area contributed by atoms with Gasteiger partial charge < -0.3 is 0 Å². The molecule has 0 saturated carbocycles. The highest BCUT2D eigenvalue weighted by molar-refractivity contribution is 6.15. The molecule has 11 aromatic carbocycles. The average Bonchev–Trinajstić information content (AvgIpc) is 3.58. The van der Waals surface area contributed by atoms with E-state index in [0.29, 0.717) is 0 Å². The lowest BCUT2D eigenvalue weighted by atomic mass is 9.80. The molecule has 1 aliphatic carbocycles. The summed E-state index contributed by atoms with van der Waals surface area (Å²) in [5.74, 6) is 0. The Morgan fingerprint density at radius 2 is 0.578 bits per heavy atom. The molecule has 0 aliphatic heterocycles. The molecule has 1 aliphatic rings. The zero-order valence-corrected chi connectivity index (χ0v) is 36.4. The number of hydrogen-bond donors (Lipinski definition) is 0. The average molecular weight is 815 g/mol. The summed E-state index contributed by atoms with van der Waals surface area (Å²) in [4.78, 5) is 0. The van der Waals surface area contributed by atoms with Crippen LogP contribution in [-0.2, 0) is 5.41 Å². The molecule has 0 unspecified atom stereocenters. The van der Waals surface area contributed by atoms with Gasteiger partial charge >= 0.3 is 0 Å². The fourth-order valence-electron chi connectivity index (χ4n) is 10.5. The highest BCUT2D eigenvalue weighted by atomic mass is 14.4. The van der Waals surface area contributed by atoms with E-state index in [1.807, 2.05) is 0 Å². The first-order valence-electron chi connectivity index (χ1n) is 22.5. The first-order valence-corrected chi connectivity index (χ1v) is 22.5. The Morgan fingerprint density at radius 3 is 1.02 bits per heavy atom. The first-order chi connectivity index (χ1) is 31.4. The maximum Gasteiger partial charge on any atom is 0.0159 e. The standard InChI is InChI=1S/C64H46/c1-41-55-12-6-8-14-59(55)63(60-15-9-7-13-56(41)60)50-31-28-46(29-32-50)44-18-16-43(17-19-44)45-20-22-48(23-21-45)53-34-36-57-58-37-35-54(40-62(58)64(2,3)61(57)39-53)49-26-24-47(25-27-49)52-33-30-42-10-4-5-11-51(42)38-52/h4-40H,1-3H3. The minimum Gasteiger partial charge on any atom is -0.0616 e. The molecule has 0 aromatic heterocycles. The van der Waals surface area contributed by atoms with Gasteiger partial charge in [-0.3, -0.25) is 0 Å². The quantitative estimate of drug-likeness (QED) is 0.147. The van der Waals surface area contributed by atoms with Gasteiger partial charge in [0.15, 0.2) is 0 Å². The van der Waals surface area contributed by atoms with Crippen LogP contribution in [0.1, 0.15) is 30.5 Å². The third-order valence-electron chi connectivity index (χ3n) is 14.1. The van der Waals surface area contributed by atoms with Gasteiger partial charge in [0.05, 0.1) is 0 Å². The van der Waals surface area contributed by atoms with Gasteiger partial charge in [0.1, 0.15) is 0 Å². The van der Waals surface area contributed by atoms with Gasteiger partial charge in [-0.1, -0.05) is 220 Å². The van der Waals surface area contributed by atoms with E-state index in [2.05, 4.69) is 245 Å². The van der Waals surface area contributed by atoms with Crippen molar-refractivity contribution in [2.24, 2.45) is 0 Å². The third-order valence-corrected chi connectivity index (χ3v) is 14.1. The van der Waals surface area contributed by atoms with Crippen LogP contribution >= 0.6 is 0 Å². The predicted molar refractivity (Wildman–Crippen MR) is 274 cm³/mol. The van der Waals surface area contributed by atoms with E-state index in [4.69, 9.17) is 0 Å². The summed E-state index contributed by atoms with van der Waals surface area (Å²) in [6.07, 6.45) is 0. The molecular weight excluding hydrogens is 769 g/mol. The number of hydrogen-bond acceptors (Lipinski definition) is 0. The molecule has 0 bridgehead atoms. The van der Waals surface area contributed by atoms with Crippen molar-refractivity contribution in [2.45, 2.75) is 26.2 Å². The SMILES string of the molecule is Cc1c2ccccc2c(-c2ccc(-c3ccc(-c4ccc(-c5ccc6c(c5)C(C)(C)c5cc(-c7ccc(-c8ccc9ccccc9c8)cc7)ccc5-6)cc4)cc3)cc2)c2ccccc12. The topological polar surface area (TPSA) is 0 Å². The number of rotatable bonds is 6. The lowest BCUT2D eigenvalue weighted by molar-refractivity contribution is 0.661. The number of fused-ring (bicyclic) bond motifs is 6. The second-order valence-electron chi connectivity index (χ2n) is 18.1. The number of aryl methyl sites for hydroxylation is 1. The second-order valence-corrected chi connectivity index (χ2v) is 18.1. The Hall–Kier alpha value is -7.80. The molecule has 302 valence electrons. The Bertz CT molecular complexity index is 3530. The minimum atomic E-state index is -0.118. The minimum absolute atomic E-state index is 0.118. The number of benzene rings is 11. The van der Waals surface area contributed by atoms with Crippen LogP contribution in [0.3, 0.4) is 0 Å². The molecule has 64 heavy (non-hydrogen) atoms. The zero-order valence-electron chi connectivity index (χ0n) is 36.4. The smallest absolute Gasteiger partial charge is 0.0159 e. The summed E-state index contributed by atoms with van der Waals surface area (Å²) in [5.41, 5.74) is 21.6. The van der Waals surface area contributed by atoms with Crippen molar-refractivity contribution in [1.29, 1.82) is 0 Å². The molecule has 0 amide bonds. The molecule has 0 N–H and O–H groups in total. The van der Waals surface area contributed by atoms with E-state index < -0.39 is 0 Å². The van der Waals surface area contributed by atoms with Crippen LogP contribution in [-0.4, -0.2) is 0 Å². The lowest BCUT2D eigenvalue weighted by Gasteiger charge is -2.22. The molecule has 11 aromatic rings. The van der Waals surface area contributed by atoms with Crippen molar-refractivity contribution in [3.63, 3.8) is 0 Å². The van der Waals surface area contributed by atoms with Gasteiger partial charge in [-0.05, 0) is 152 Å². The maximum absolute atomic E-state index is 2.42. The van der Waals surface area contributed by atoms with E-state index in [0.717, 1.165) is 0 Å². The Labute approximate surface area is 375 Å². The van der Waals surface area contributed by atoms with Crippen LogP contribution in [0.15, 0.2) is 224 Å². The highest BCUT2D eigenvalue weighted by Gasteiger charge is 2.36. The molecule has 0 heterocycles. The van der Waals surface area contributed by atoms with Crippen molar-refractivity contribution < 1.29 is 0 Å². The van der Waals surface area contributed by atoms with Crippen LogP contribution in [0.25, 0.3) is 110 Å². The van der Waals surface area contributed by atoms with Gasteiger partial charge in [0.25, 0.3) is 0 Å².